The lowest BCUT2D eigenvalue weighted by molar-refractivity contribution is -0.933. The first kappa shape index (κ1) is 17.5. The molecule has 3 heterocycles. The number of quaternary nitrogens is 2. The maximum Gasteiger partial charge on any atom is 0.148 e. The lowest BCUT2D eigenvalue weighted by Gasteiger charge is -2.43. The van der Waals surface area contributed by atoms with E-state index in [1.165, 1.54) is 16.8 Å². The predicted octanol–water partition coefficient (Wildman–Crippen LogP) is -0.520. The Hall–Kier alpha value is -2.63. The Morgan fingerprint density at radius 1 is 1.11 bits per heavy atom. The van der Waals surface area contributed by atoms with Crippen molar-refractivity contribution in [2.75, 3.05) is 13.1 Å². The average Bonchev–Trinajstić information content (AvgIpc) is 3.10. The molecule has 28 heavy (non-hydrogen) atoms. The molecule has 0 radical (unpaired) electrons. The van der Waals surface area contributed by atoms with Gasteiger partial charge in [-0.2, -0.15) is 0 Å². The molecule has 1 aromatic heterocycles. The van der Waals surface area contributed by atoms with Crippen molar-refractivity contribution >= 4 is 16.9 Å². The van der Waals surface area contributed by atoms with Crippen LogP contribution in [0.5, 0.6) is 0 Å². The quantitative estimate of drug-likeness (QED) is 0.575. The first-order chi connectivity index (χ1) is 13.6. The molecule has 1 saturated heterocycles. The lowest BCUT2D eigenvalue weighted by atomic mass is 9.77. The molecule has 0 amide bonds. The zero-order valence-corrected chi connectivity index (χ0v) is 15.9. The van der Waals surface area contributed by atoms with Crippen LogP contribution in [0, 0.1) is 0 Å². The van der Waals surface area contributed by atoms with Crippen molar-refractivity contribution < 1.29 is 20.1 Å². The van der Waals surface area contributed by atoms with Crippen LogP contribution >= 0.6 is 0 Å². The number of fused-ring (bicyclic) bond motifs is 4. The van der Waals surface area contributed by atoms with Gasteiger partial charge >= 0.3 is 0 Å². The van der Waals surface area contributed by atoms with Gasteiger partial charge in [-0.25, -0.2) is 0 Å². The third-order valence-electron chi connectivity index (χ3n) is 6.70. The van der Waals surface area contributed by atoms with E-state index in [4.69, 9.17) is 0 Å². The van der Waals surface area contributed by atoms with E-state index < -0.39 is 12.0 Å². The molecule has 2 aliphatic heterocycles. The number of rotatable bonds is 3. The molecule has 0 unspecified atom stereocenters. The largest absolute Gasteiger partial charge is 0.544 e. The lowest BCUT2D eigenvalue weighted by Crippen LogP contribution is -3.15. The number of piperidine rings is 1. The summed E-state index contributed by atoms with van der Waals surface area (Å²) >= 11 is 0. The number of nitrogens with one attached hydrogen (secondary N) is 2. The Bertz CT molecular complexity index is 1000. The fraction of sp³-hybridized carbons (Fsp3) is 0.348. The van der Waals surface area contributed by atoms with Gasteiger partial charge in [0.15, 0.2) is 0 Å². The second-order valence-corrected chi connectivity index (χ2v) is 8.39. The summed E-state index contributed by atoms with van der Waals surface area (Å²) in [5.41, 5.74) is 4.71. The van der Waals surface area contributed by atoms with Crippen LogP contribution in [-0.2, 0) is 23.3 Å². The van der Waals surface area contributed by atoms with Gasteiger partial charge in [0.2, 0.25) is 0 Å². The van der Waals surface area contributed by atoms with E-state index in [0.29, 0.717) is 6.42 Å². The Kier molecular flexibility index (Phi) is 4.22. The van der Waals surface area contributed by atoms with Crippen molar-refractivity contribution in [3.8, 4) is 0 Å². The van der Waals surface area contributed by atoms with Crippen molar-refractivity contribution in [2.24, 2.45) is 0 Å². The first-order valence-electron chi connectivity index (χ1n) is 10.2. The van der Waals surface area contributed by atoms with E-state index in [0.717, 1.165) is 43.4 Å². The summed E-state index contributed by atoms with van der Waals surface area (Å²) in [6, 6.07) is 18.4. The van der Waals surface area contributed by atoms with E-state index in [-0.39, 0.29) is 5.54 Å². The number of benzene rings is 2. The second-order valence-electron chi connectivity index (χ2n) is 8.39. The molecule has 1 fully saturated rings. The highest BCUT2D eigenvalue weighted by Gasteiger charge is 2.49. The van der Waals surface area contributed by atoms with Crippen LogP contribution < -0.4 is 15.3 Å². The first-order valence-corrected chi connectivity index (χ1v) is 10.2. The van der Waals surface area contributed by atoms with Crippen molar-refractivity contribution in [3.05, 3.63) is 71.4 Å². The van der Waals surface area contributed by atoms with Gasteiger partial charge in [0.1, 0.15) is 18.1 Å². The number of nitrogens with two attached hydrogens (primary N) is 1. The molecule has 1 spiro atoms. The molecule has 0 aliphatic carbocycles. The second kappa shape index (κ2) is 6.76. The van der Waals surface area contributed by atoms with Gasteiger partial charge < -0.3 is 25.1 Å². The molecular weight excluding hydrogens is 350 g/mol. The topological polar surface area (TPSA) is 77.0 Å². The smallest absolute Gasteiger partial charge is 0.148 e. The summed E-state index contributed by atoms with van der Waals surface area (Å²) in [4.78, 5) is 17.0. The SMILES string of the molecule is O=C([O-])[C@@H]1Cc2c([nH]c3ccccc23)C2(CC[NH+](Cc3ccccc3)CC2)[NH2+]1. The molecule has 3 aromatic rings. The zero-order chi connectivity index (χ0) is 19.1. The van der Waals surface area contributed by atoms with Gasteiger partial charge in [-0.15, -0.1) is 0 Å². The van der Waals surface area contributed by atoms with E-state index in [1.807, 2.05) is 12.1 Å². The number of carboxylic acids is 1. The van der Waals surface area contributed by atoms with Crippen LogP contribution in [0.15, 0.2) is 54.6 Å². The number of aliphatic carboxylic acids is 1. The molecule has 2 aromatic carbocycles. The molecule has 144 valence electrons. The molecular formula is C23H26N3O2+. The highest BCUT2D eigenvalue weighted by molar-refractivity contribution is 5.86. The van der Waals surface area contributed by atoms with E-state index in [9.17, 15) is 9.90 Å². The highest BCUT2D eigenvalue weighted by Crippen LogP contribution is 2.36. The van der Waals surface area contributed by atoms with Gasteiger partial charge in [-0.3, -0.25) is 0 Å². The number of likely N-dealkylation sites (tertiary alicyclic amines) is 1. The minimum Gasteiger partial charge on any atom is -0.544 e. The van der Waals surface area contributed by atoms with E-state index in [1.54, 1.807) is 4.90 Å². The van der Waals surface area contributed by atoms with Crippen molar-refractivity contribution in [1.82, 2.24) is 4.98 Å². The van der Waals surface area contributed by atoms with Crippen LogP contribution in [0.1, 0.15) is 29.7 Å². The summed E-state index contributed by atoms with van der Waals surface area (Å²) < 4.78 is 0. The van der Waals surface area contributed by atoms with Crippen LogP contribution in [0.3, 0.4) is 0 Å². The molecule has 1 atom stereocenters. The highest BCUT2D eigenvalue weighted by atomic mass is 16.4. The van der Waals surface area contributed by atoms with Crippen molar-refractivity contribution in [1.29, 1.82) is 0 Å². The third-order valence-corrected chi connectivity index (χ3v) is 6.70. The predicted molar refractivity (Wildman–Crippen MR) is 104 cm³/mol. The van der Waals surface area contributed by atoms with Gasteiger partial charge in [0.25, 0.3) is 0 Å². The van der Waals surface area contributed by atoms with E-state index in [2.05, 4.69) is 52.8 Å². The zero-order valence-electron chi connectivity index (χ0n) is 15.9. The van der Waals surface area contributed by atoms with Gasteiger partial charge in [0, 0.05) is 22.9 Å². The van der Waals surface area contributed by atoms with Crippen LogP contribution in [0.4, 0.5) is 0 Å². The number of carboxylic acid groups (broad SMARTS) is 1. The van der Waals surface area contributed by atoms with Crippen LogP contribution in [0.2, 0.25) is 0 Å². The van der Waals surface area contributed by atoms with Crippen LogP contribution in [-0.4, -0.2) is 30.1 Å². The number of hydrogen-bond acceptors (Lipinski definition) is 2. The summed E-state index contributed by atoms with van der Waals surface area (Å²) in [5, 5.41) is 15.0. The minimum atomic E-state index is -0.950. The molecule has 2 aliphatic rings. The summed E-state index contributed by atoms with van der Waals surface area (Å²) in [6.07, 6.45) is 2.47. The Morgan fingerprint density at radius 3 is 2.57 bits per heavy atom. The number of aromatic nitrogens is 1. The molecule has 5 rings (SSSR count). The number of carbonyl (C=O) groups is 1. The van der Waals surface area contributed by atoms with Gasteiger partial charge in [0.05, 0.1) is 37.6 Å². The molecule has 5 nitrogen and oxygen atoms in total. The van der Waals surface area contributed by atoms with E-state index >= 15 is 0 Å². The van der Waals surface area contributed by atoms with Crippen molar-refractivity contribution in [3.63, 3.8) is 0 Å². The monoisotopic (exact) mass is 376 g/mol. The maximum absolute atomic E-state index is 11.8. The van der Waals surface area contributed by atoms with Crippen molar-refractivity contribution in [2.45, 2.75) is 37.4 Å². The fourth-order valence-corrected chi connectivity index (χ4v) is 5.26. The molecule has 4 N–H and O–H groups in total. The van der Waals surface area contributed by atoms with Gasteiger partial charge in [-0.1, -0.05) is 48.5 Å². The number of hydrogen-bond donors (Lipinski definition) is 3. The molecule has 5 heteroatoms. The van der Waals surface area contributed by atoms with Crippen LogP contribution in [0.25, 0.3) is 10.9 Å². The Morgan fingerprint density at radius 2 is 1.82 bits per heavy atom. The Labute approximate surface area is 164 Å². The normalized spacial score (nSPS) is 27.0. The summed E-state index contributed by atoms with van der Waals surface area (Å²) in [5.74, 6) is -0.950. The molecule has 0 bridgehead atoms. The average molecular weight is 376 g/mol. The summed E-state index contributed by atoms with van der Waals surface area (Å²) in [7, 11) is 0. The summed E-state index contributed by atoms with van der Waals surface area (Å²) in [6.45, 7) is 3.11. The van der Waals surface area contributed by atoms with Gasteiger partial charge in [-0.05, 0) is 11.6 Å². The number of carbonyl (C=O) groups excluding carboxylic acids is 1. The number of H-pyrrole nitrogens is 1. The fourth-order valence-electron chi connectivity index (χ4n) is 5.26. The number of aromatic amines is 1. The molecule has 0 saturated carbocycles. The number of para-hydroxylation sites is 1. The third kappa shape index (κ3) is 2.91. The standard InChI is InChI=1S/C23H25N3O2/c27-22(28)20-14-18-17-8-4-5-9-19(17)24-21(18)23(25-20)10-12-26(13-11-23)15-16-6-2-1-3-7-16/h1-9,20,24-25H,10-15H2,(H,27,28)/p+1/t20-/m0/s1. The Balaban J connectivity index is 1.45. The minimum absolute atomic E-state index is 0.183. The maximum atomic E-state index is 11.8.